The van der Waals surface area contributed by atoms with E-state index in [2.05, 4.69) is 34.9 Å². The molecule has 0 aromatic carbocycles. The van der Waals surface area contributed by atoms with Crippen molar-refractivity contribution in [3.05, 3.63) is 39.5 Å². The van der Waals surface area contributed by atoms with Crippen LogP contribution in [0.25, 0.3) is 0 Å². The Morgan fingerprint density at radius 3 is 3.11 bits per heavy atom. The number of aryl methyl sites for hydroxylation is 1. The summed E-state index contributed by atoms with van der Waals surface area (Å²) >= 11 is 1.71. The van der Waals surface area contributed by atoms with Crippen molar-refractivity contribution < 1.29 is 4.79 Å². The molecule has 3 heterocycles. The molecule has 0 saturated carbocycles. The first-order valence-electron chi connectivity index (χ1n) is 9.68. The van der Waals surface area contributed by atoms with E-state index in [1.54, 1.807) is 23.6 Å². The molecule has 27 heavy (non-hydrogen) atoms. The number of carbonyl (C=O) groups is 1. The van der Waals surface area contributed by atoms with E-state index < -0.39 is 0 Å². The van der Waals surface area contributed by atoms with Crippen molar-refractivity contribution in [2.45, 2.75) is 45.2 Å². The van der Waals surface area contributed by atoms with Crippen molar-refractivity contribution in [1.82, 2.24) is 19.8 Å². The van der Waals surface area contributed by atoms with Crippen LogP contribution in [0.1, 0.15) is 45.7 Å². The van der Waals surface area contributed by atoms with Gasteiger partial charge in [-0.25, -0.2) is 9.97 Å². The Balaban J connectivity index is 1.38. The maximum atomic E-state index is 13.0. The number of likely N-dealkylation sites (N-methyl/N-ethyl adjacent to an activating group) is 1. The fourth-order valence-corrected chi connectivity index (χ4v) is 5.27. The summed E-state index contributed by atoms with van der Waals surface area (Å²) in [7, 11) is 2.07. The minimum atomic E-state index is 0.193. The molecule has 2 aromatic rings. The fraction of sp³-hybridized carbons (Fsp3) is 0.550. The van der Waals surface area contributed by atoms with Crippen LogP contribution in [0.4, 0.5) is 5.82 Å². The number of thiophene rings is 1. The van der Waals surface area contributed by atoms with Gasteiger partial charge >= 0.3 is 0 Å². The molecule has 144 valence electrons. The smallest absolute Gasteiger partial charge is 0.263 e. The monoisotopic (exact) mass is 385 g/mol. The van der Waals surface area contributed by atoms with Crippen LogP contribution in [-0.2, 0) is 19.4 Å². The topological polar surface area (TPSA) is 75.4 Å². The van der Waals surface area contributed by atoms with Gasteiger partial charge in [0.05, 0.1) is 11.4 Å². The van der Waals surface area contributed by atoms with Gasteiger partial charge < -0.3 is 10.6 Å². The maximum Gasteiger partial charge on any atom is 0.263 e. The molecule has 2 aromatic heterocycles. The van der Waals surface area contributed by atoms with E-state index in [9.17, 15) is 4.79 Å². The maximum absolute atomic E-state index is 13.0. The third-order valence-corrected chi connectivity index (χ3v) is 6.96. The van der Waals surface area contributed by atoms with Gasteiger partial charge in [-0.15, -0.1) is 11.3 Å². The number of carbonyl (C=O) groups excluding carboxylic acids is 1. The molecule has 4 rings (SSSR count). The minimum Gasteiger partial charge on any atom is -0.384 e. The lowest BCUT2D eigenvalue weighted by atomic mass is 9.90. The standard InChI is InChI=1S/C20H27N5OS/c1-13-3-4-16-14(9-13)10-17(27-16)20(26)25-8-6-15(11-25)24(2)12-19-22-7-5-18(21)23-19/h5,7,10,13,15H,3-4,6,8-9,11-12H2,1-2H3,(H2,21,22,23)/t13-,15+/m0/s1. The summed E-state index contributed by atoms with van der Waals surface area (Å²) in [5, 5.41) is 0. The Labute approximate surface area is 164 Å². The summed E-state index contributed by atoms with van der Waals surface area (Å²) in [5.74, 6) is 2.14. The molecule has 1 fully saturated rings. The number of fused-ring (bicyclic) bond motifs is 1. The van der Waals surface area contributed by atoms with Crippen molar-refractivity contribution in [3.63, 3.8) is 0 Å². The zero-order chi connectivity index (χ0) is 19.0. The zero-order valence-corrected chi connectivity index (χ0v) is 16.8. The number of hydrogen-bond acceptors (Lipinski definition) is 6. The van der Waals surface area contributed by atoms with Crippen LogP contribution < -0.4 is 5.73 Å². The molecule has 2 atom stereocenters. The van der Waals surface area contributed by atoms with Gasteiger partial charge in [0.25, 0.3) is 5.91 Å². The Morgan fingerprint density at radius 1 is 1.44 bits per heavy atom. The van der Waals surface area contributed by atoms with Crippen LogP contribution in [0.3, 0.4) is 0 Å². The second-order valence-corrected chi connectivity index (χ2v) is 9.05. The van der Waals surface area contributed by atoms with Crippen LogP contribution in [0.15, 0.2) is 18.3 Å². The number of hydrogen-bond donors (Lipinski definition) is 1. The molecule has 0 spiro atoms. The summed E-state index contributed by atoms with van der Waals surface area (Å²) in [6, 6.07) is 4.17. The number of nitrogen functional groups attached to an aromatic ring is 1. The van der Waals surface area contributed by atoms with Crippen molar-refractivity contribution in [2.75, 3.05) is 25.9 Å². The van der Waals surface area contributed by atoms with Gasteiger partial charge in [-0.3, -0.25) is 9.69 Å². The van der Waals surface area contributed by atoms with Gasteiger partial charge in [0.2, 0.25) is 0 Å². The second-order valence-electron chi connectivity index (χ2n) is 7.91. The van der Waals surface area contributed by atoms with Gasteiger partial charge in [0.1, 0.15) is 11.6 Å². The quantitative estimate of drug-likeness (QED) is 0.875. The summed E-state index contributed by atoms with van der Waals surface area (Å²) in [5.41, 5.74) is 7.14. The number of aromatic nitrogens is 2. The normalized spacial score (nSPS) is 22.3. The third-order valence-electron chi connectivity index (χ3n) is 5.73. The second kappa shape index (κ2) is 7.56. The lowest BCUT2D eigenvalue weighted by Gasteiger charge is -2.23. The summed E-state index contributed by atoms with van der Waals surface area (Å²) in [6.45, 7) is 4.51. The molecule has 0 bridgehead atoms. The molecule has 7 heteroatoms. The third kappa shape index (κ3) is 3.99. The predicted molar refractivity (Wildman–Crippen MR) is 108 cm³/mol. The van der Waals surface area contributed by atoms with E-state index >= 15 is 0 Å². The van der Waals surface area contributed by atoms with Gasteiger partial charge in [-0.05, 0) is 56.3 Å². The molecule has 2 N–H and O–H groups in total. The molecule has 1 aliphatic carbocycles. The SMILES string of the molecule is C[C@H]1CCc2sc(C(=O)N3CC[C@@H](N(C)Cc4nccc(N)n4)C3)cc2C1. The van der Waals surface area contributed by atoms with E-state index in [0.717, 1.165) is 49.0 Å². The molecule has 6 nitrogen and oxygen atoms in total. The van der Waals surface area contributed by atoms with Gasteiger partial charge in [0.15, 0.2) is 0 Å². The predicted octanol–water partition coefficient (Wildman–Crippen LogP) is 2.59. The van der Waals surface area contributed by atoms with E-state index in [-0.39, 0.29) is 5.91 Å². The first-order chi connectivity index (χ1) is 13.0. The highest BCUT2D eigenvalue weighted by Gasteiger charge is 2.31. The Kier molecular flexibility index (Phi) is 5.14. The zero-order valence-electron chi connectivity index (χ0n) is 16.0. The molecular weight excluding hydrogens is 358 g/mol. The number of rotatable bonds is 4. The minimum absolute atomic E-state index is 0.193. The molecule has 0 radical (unpaired) electrons. The Morgan fingerprint density at radius 2 is 2.30 bits per heavy atom. The van der Waals surface area contributed by atoms with Gasteiger partial charge in [0, 0.05) is 30.2 Å². The van der Waals surface area contributed by atoms with E-state index in [1.165, 1.54) is 16.9 Å². The van der Waals surface area contributed by atoms with Crippen LogP contribution in [0.5, 0.6) is 0 Å². The van der Waals surface area contributed by atoms with Crippen LogP contribution in [0, 0.1) is 5.92 Å². The van der Waals surface area contributed by atoms with Crippen molar-refractivity contribution in [3.8, 4) is 0 Å². The number of nitrogens with zero attached hydrogens (tertiary/aromatic N) is 4. The van der Waals surface area contributed by atoms with E-state index in [0.29, 0.717) is 18.4 Å². The first-order valence-corrected chi connectivity index (χ1v) is 10.5. The average Bonchev–Trinajstić information content (AvgIpc) is 3.28. The van der Waals surface area contributed by atoms with Crippen LogP contribution in [-0.4, -0.2) is 51.9 Å². The lowest BCUT2D eigenvalue weighted by Crippen LogP contribution is -2.36. The Hall–Kier alpha value is -1.99. The molecule has 0 unspecified atom stereocenters. The molecule has 1 saturated heterocycles. The Bertz CT molecular complexity index is 836. The average molecular weight is 386 g/mol. The number of nitrogens with two attached hydrogens (primary N) is 1. The molecule has 1 aliphatic heterocycles. The van der Waals surface area contributed by atoms with Crippen LogP contribution >= 0.6 is 11.3 Å². The largest absolute Gasteiger partial charge is 0.384 e. The van der Waals surface area contributed by atoms with Crippen molar-refractivity contribution in [2.24, 2.45) is 5.92 Å². The van der Waals surface area contributed by atoms with E-state index in [4.69, 9.17) is 5.73 Å². The summed E-state index contributed by atoms with van der Waals surface area (Å²) < 4.78 is 0. The van der Waals surface area contributed by atoms with Crippen LogP contribution in [0.2, 0.25) is 0 Å². The fourth-order valence-electron chi connectivity index (χ4n) is 4.10. The first kappa shape index (κ1) is 18.4. The highest BCUT2D eigenvalue weighted by Crippen LogP contribution is 2.33. The van der Waals surface area contributed by atoms with Crippen molar-refractivity contribution >= 4 is 23.1 Å². The molecule has 2 aliphatic rings. The summed E-state index contributed by atoms with van der Waals surface area (Å²) in [4.78, 5) is 28.1. The number of likely N-dealkylation sites (tertiary alicyclic amines) is 1. The van der Waals surface area contributed by atoms with Gasteiger partial charge in [-0.2, -0.15) is 0 Å². The van der Waals surface area contributed by atoms with Gasteiger partial charge in [-0.1, -0.05) is 6.92 Å². The summed E-state index contributed by atoms with van der Waals surface area (Å²) in [6.07, 6.45) is 6.15. The molecular formula is C20H27N5OS. The molecule has 1 amide bonds. The number of anilines is 1. The van der Waals surface area contributed by atoms with Crippen molar-refractivity contribution in [1.29, 1.82) is 0 Å². The lowest BCUT2D eigenvalue weighted by molar-refractivity contribution is 0.0784. The number of amides is 1. The highest BCUT2D eigenvalue weighted by atomic mass is 32.1. The highest BCUT2D eigenvalue weighted by molar-refractivity contribution is 7.14. The van der Waals surface area contributed by atoms with E-state index in [1.807, 2.05) is 4.90 Å².